The summed E-state index contributed by atoms with van der Waals surface area (Å²) in [5, 5.41) is 4.20. The maximum absolute atomic E-state index is 13.1. The zero-order valence-electron chi connectivity index (χ0n) is 14.3. The fraction of sp³-hybridized carbons (Fsp3) is 0.529. The van der Waals surface area contributed by atoms with Crippen LogP contribution in [0.4, 0.5) is 0 Å². The van der Waals surface area contributed by atoms with E-state index in [2.05, 4.69) is 5.10 Å². The van der Waals surface area contributed by atoms with Gasteiger partial charge >= 0.3 is 5.69 Å². The molecule has 0 unspecified atom stereocenters. The van der Waals surface area contributed by atoms with Crippen molar-refractivity contribution < 1.29 is 8.42 Å². The van der Waals surface area contributed by atoms with Crippen molar-refractivity contribution in [2.24, 2.45) is 7.05 Å². The summed E-state index contributed by atoms with van der Waals surface area (Å²) in [5.41, 5.74) is 2.23. The third kappa shape index (κ3) is 2.83. The Morgan fingerprint density at radius 1 is 1.00 bits per heavy atom. The van der Waals surface area contributed by atoms with E-state index in [0.717, 1.165) is 24.8 Å². The minimum absolute atomic E-state index is 0.192. The summed E-state index contributed by atoms with van der Waals surface area (Å²) >= 11 is 0. The van der Waals surface area contributed by atoms with Gasteiger partial charge in [0, 0.05) is 33.1 Å². The zero-order valence-corrected chi connectivity index (χ0v) is 15.1. The Morgan fingerprint density at radius 2 is 1.76 bits per heavy atom. The molecule has 0 fully saturated rings. The number of nitrogens with zero attached hydrogens (tertiary/aromatic N) is 4. The van der Waals surface area contributed by atoms with Crippen LogP contribution in [0.3, 0.4) is 0 Å². The summed E-state index contributed by atoms with van der Waals surface area (Å²) in [7, 11) is -1.94. The molecule has 0 amide bonds. The van der Waals surface area contributed by atoms with E-state index < -0.39 is 10.0 Å². The highest BCUT2D eigenvalue weighted by molar-refractivity contribution is 7.89. The van der Waals surface area contributed by atoms with Gasteiger partial charge in [-0.15, -0.1) is 0 Å². The Morgan fingerprint density at radius 3 is 2.56 bits per heavy atom. The van der Waals surface area contributed by atoms with Crippen LogP contribution >= 0.6 is 0 Å². The van der Waals surface area contributed by atoms with Crippen molar-refractivity contribution in [1.82, 2.24) is 18.7 Å². The maximum Gasteiger partial charge on any atom is 0.345 e. The van der Waals surface area contributed by atoms with Crippen molar-refractivity contribution in [1.29, 1.82) is 0 Å². The normalized spacial score (nSPS) is 18.4. The fourth-order valence-corrected chi connectivity index (χ4v) is 5.26. The van der Waals surface area contributed by atoms with Crippen molar-refractivity contribution in [2.75, 3.05) is 13.1 Å². The second kappa shape index (κ2) is 6.10. The van der Waals surface area contributed by atoms with Gasteiger partial charge in [0.25, 0.3) is 0 Å². The second-order valence-electron chi connectivity index (χ2n) is 6.77. The molecule has 2 aromatic rings. The third-order valence-corrected chi connectivity index (χ3v) is 7.09. The molecule has 0 atom stereocenters. The van der Waals surface area contributed by atoms with E-state index in [1.165, 1.54) is 21.0 Å². The Bertz CT molecular complexity index is 974. The molecule has 1 aromatic carbocycles. The first-order valence-corrected chi connectivity index (χ1v) is 10.2. The largest absolute Gasteiger partial charge is 0.345 e. The summed E-state index contributed by atoms with van der Waals surface area (Å²) in [6.45, 7) is 0.972. The lowest BCUT2D eigenvalue weighted by molar-refractivity contribution is 0.411. The van der Waals surface area contributed by atoms with Gasteiger partial charge in [0.2, 0.25) is 10.0 Å². The number of sulfonamides is 1. The molecule has 25 heavy (non-hydrogen) atoms. The molecule has 0 bridgehead atoms. The highest BCUT2D eigenvalue weighted by Crippen LogP contribution is 2.26. The van der Waals surface area contributed by atoms with Crippen LogP contribution in [0.25, 0.3) is 0 Å². The zero-order chi connectivity index (χ0) is 17.6. The molecule has 0 saturated carbocycles. The van der Waals surface area contributed by atoms with Crippen molar-refractivity contribution in [2.45, 2.75) is 43.5 Å². The fourth-order valence-electron chi connectivity index (χ4n) is 3.77. The monoisotopic (exact) mass is 362 g/mol. The lowest BCUT2D eigenvalue weighted by Gasteiger charge is -2.22. The number of aromatic nitrogens is 3. The summed E-state index contributed by atoms with van der Waals surface area (Å²) < 4.78 is 30.5. The van der Waals surface area contributed by atoms with Gasteiger partial charge in [-0.25, -0.2) is 17.9 Å². The summed E-state index contributed by atoms with van der Waals surface area (Å²) in [6.07, 6.45) is 4.71. The van der Waals surface area contributed by atoms with Crippen LogP contribution in [0.2, 0.25) is 0 Å². The van der Waals surface area contributed by atoms with Gasteiger partial charge in [-0.3, -0.25) is 4.57 Å². The van der Waals surface area contributed by atoms with Crippen LogP contribution in [-0.2, 0) is 42.9 Å². The quantitative estimate of drug-likeness (QED) is 0.788. The Kier molecular flexibility index (Phi) is 4.04. The molecule has 7 nitrogen and oxygen atoms in total. The highest BCUT2D eigenvalue weighted by Gasteiger charge is 2.28. The molecule has 0 radical (unpaired) electrons. The summed E-state index contributed by atoms with van der Waals surface area (Å²) in [4.78, 5) is 12.4. The van der Waals surface area contributed by atoms with Gasteiger partial charge in [0.15, 0.2) is 0 Å². The van der Waals surface area contributed by atoms with Gasteiger partial charge in [-0.1, -0.05) is 6.07 Å². The van der Waals surface area contributed by atoms with Crippen molar-refractivity contribution >= 4 is 10.0 Å². The molecule has 0 spiro atoms. The van der Waals surface area contributed by atoms with Gasteiger partial charge in [0.05, 0.1) is 4.90 Å². The molecule has 134 valence electrons. The van der Waals surface area contributed by atoms with E-state index in [9.17, 15) is 13.2 Å². The SMILES string of the molecule is Cn1nc2n(c1=O)CCN(S(=O)(=O)c1ccc3c(c1)CCCC3)CC2. The predicted octanol–water partition coefficient (Wildman–Crippen LogP) is 0.708. The molecule has 1 aromatic heterocycles. The number of hydrogen-bond donors (Lipinski definition) is 0. The van der Waals surface area contributed by atoms with E-state index in [4.69, 9.17) is 0 Å². The van der Waals surface area contributed by atoms with Crippen LogP contribution in [0.1, 0.15) is 29.8 Å². The molecule has 2 aliphatic rings. The average Bonchev–Trinajstić information content (AvgIpc) is 2.77. The molecule has 1 aliphatic carbocycles. The van der Waals surface area contributed by atoms with Crippen LogP contribution in [0.5, 0.6) is 0 Å². The minimum Gasteiger partial charge on any atom is -0.278 e. The molecular formula is C17H22N4O3S. The first-order chi connectivity index (χ1) is 12.0. The Balaban J connectivity index is 1.62. The topological polar surface area (TPSA) is 77.2 Å². The highest BCUT2D eigenvalue weighted by atomic mass is 32.2. The van der Waals surface area contributed by atoms with Crippen LogP contribution < -0.4 is 5.69 Å². The van der Waals surface area contributed by atoms with Gasteiger partial charge in [-0.2, -0.15) is 9.40 Å². The van der Waals surface area contributed by atoms with Crippen molar-refractivity contribution in [3.63, 3.8) is 0 Å². The van der Waals surface area contributed by atoms with Crippen LogP contribution in [-0.4, -0.2) is 40.2 Å². The molecule has 1 aliphatic heterocycles. The summed E-state index contributed by atoms with van der Waals surface area (Å²) in [5.74, 6) is 0.649. The lowest BCUT2D eigenvalue weighted by Crippen LogP contribution is -2.35. The summed E-state index contributed by atoms with van der Waals surface area (Å²) in [6, 6.07) is 5.52. The van der Waals surface area contributed by atoms with Crippen molar-refractivity contribution in [3.05, 3.63) is 45.6 Å². The van der Waals surface area contributed by atoms with E-state index in [-0.39, 0.29) is 12.2 Å². The third-order valence-electron chi connectivity index (χ3n) is 5.20. The van der Waals surface area contributed by atoms with Crippen LogP contribution in [0.15, 0.2) is 27.9 Å². The molecule has 0 saturated heterocycles. The van der Waals surface area contributed by atoms with E-state index >= 15 is 0 Å². The van der Waals surface area contributed by atoms with Gasteiger partial charge in [0.1, 0.15) is 5.82 Å². The number of fused-ring (bicyclic) bond motifs is 2. The van der Waals surface area contributed by atoms with E-state index in [0.29, 0.717) is 30.2 Å². The smallest absolute Gasteiger partial charge is 0.278 e. The number of hydrogen-bond acceptors (Lipinski definition) is 4. The molecule has 2 heterocycles. The number of aryl methyl sites for hydroxylation is 3. The maximum atomic E-state index is 13.1. The minimum atomic E-state index is -3.55. The number of benzene rings is 1. The first-order valence-electron chi connectivity index (χ1n) is 8.71. The van der Waals surface area contributed by atoms with Gasteiger partial charge < -0.3 is 0 Å². The first kappa shape index (κ1) is 16.5. The van der Waals surface area contributed by atoms with Gasteiger partial charge in [-0.05, 0) is 48.9 Å². The lowest BCUT2D eigenvalue weighted by atomic mass is 9.92. The average molecular weight is 362 g/mol. The molecule has 8 heteroatoms. The van der Waals surface area contributed by atoms with Crippen LogP contribution in [0, 0.1) is 0 Å². The number of rotatable bonds is 2. The van der Waals surface area contributed by atoms with Crippen molar-refractivity contribution in [3.8, 4) is 0 Å². The molecule has 0 N–H and O–H groups in total. The standard InChI is InChI=1S/C17H22N4O3S/c1-19-17(22)21-11-10-20(9-8-16(21)18-19)25(23,24)15-7-6-13-4-2-3-5-14(13)12-15/h6-7,12H,2-5,8-11H2,1H3. The molecule has 4 rings (SSSR count). The van der Waals surface area contributed by atoms with E-state index in [1.807, 2.05) is 12.1 Å². The predicted molar refractivity (Wildman–Crippen MR) is 93.0 cm³/mol. The Hall–Kier alpha value is -1.93. The van der Waals surface area contributed by atoms with E-state index in [1.54, 1.807) is 17.7 Å². The Labute approximate surface area is 146 Å². The second-order valence-corrected chi connectivity index (χ2v) is 8.70. The molecular weight excluding hydrogens is 340 g/mol.